The van der Waals surface area contributed by atoms with E-state index < -0.39 is 11.9 Å². The lowest BCUT2D eigenvalue weighted by Gasteiger charge is -2.18. The van der Waals surface area contributed by atoms with E-state index in [-0.39, 0.29) is 23.1 Å². The number of benzene rings is 1. The zero-order valence-electron chi connectivity index (χ0n) is 13.6. The standard InChI is InChI=1S/C17H23BrO4/c1-5-6-10-21-15(19)12-8-7-9-13(18)14(12)16(20)22-11-17(2,3)4/h7-9H,5-6,10-11H2,1-4H3. The van der Waals surface area contributed by atoms with E-state index in [4.69, 9.17) is 9.47 Å². The highest BCUT2D eigenvalue weighted by Gasteiger charge is 2.23. The minimum atomic E-state index is -0.523. The first-order valence-electron chi connectivity index (χ1n) is 7.39. The van der Waals surface area contributed by atoms with Crippen molar-refractivity contribution in [3.05, 3.63) is 33.8 Å². The molecule has 0 atom stereocenters. The van der Waals surface area contributed by atoms with Crippen LogP contribution in [-0.2, 0) is 9.47 Å². The highest BCUT2D eigenvalue weighted by molar-refractivity contribution is 9.10. The first-order chi connectivity index (χ1) is 10.3. The molecule has 0 amide bonds. The summed E-state index contributed by atoms with van der Waals surface area (Å²) in [6, 6.07) is 4.98. The highest BCUT2D eigenvalue weighted by Crippen LogP contribution is 2.24. The van der Waals surface area contributed by atoms with E-state index >= 15 is 0 Å². The Morgan fingerprint density at radius 2 is 1.82 bits per heavy atom. The summed E-state index contributed by atoms with van der Waals surface area (Å²) in [4.78, 5) is 24.5. The van der Waals surface area contributed by atoms with Gasteiger partial charge >= 0.3 is 11.9 Å². The number of hydrogen-bond acceptors (Lipinski definition) is 4. The Kier molecular flexibility index (Phi) is 7.07. The molecule has 122 valence electrons. The summed E-state index contributed by atoms with van der Waals surface area (Å²) >= 11 is 3.31. The summed E-state index contributed by atoms with van der Waals surface area (Å²) in [5, 5.41) is 0. The van der Waals surface area contributed by atoms with E-state index in [0.29, 0.717) is 11.1 Å². The van der Waals surface area contributed by atoms with Crippen LogP contribution < -0.4 is 0 Å². The largest absolute Gasteiger partial charge is 0.462 e. The van der Waals surface area contributed by atoms with E-state index in [0.717, 1.165) is 12.8 Å². The summed E-state index contributed by atoms with van der Waals surface area (Å²) < 4.78 is 11.0. The molecule has 0 unspecified atom stereocenters. The van der Waals surface area contributed by atoms with Crippen molar-refractivity contribution in [1.29, 1.82) is 0 Å². The molecule has 0 saturated heterocycles. The minimum Gasteiger partial charge on any atom is -0.462 e. The van der Waals surface area contributed by atoms with Gasteiger partial charge in [-0.05, 0) is 39.9 Å². The second-order valence-corrected chi connectivity index (χ2v) is 7.14. The van der Waals surface area contributed by atoms with Crippen LogP contribution in [0.3, 0.4) is 0 Å². The fourth-order valence-electron chi connectivity index (χ4n) is 1.64. The van der Waals surface area contributed by atoms with Gasteiger partial charge < -0.3 is 9.47 Å². The molecule has 4 nitrogen and oxygen atoms in total. The predicted octanol–water partition coefficient (Wildman–Crippen LogP) is 4.61. The van der Waals surface area contributed by atoms with Crippen molar-refractivity contribution in [3.8, 4) is 0 Å². The fourth-order valence-corrected chi connectivity index (χ4v) is 2.17. The van der Waals surface area contributed by atoms with Gasteiger partial charge in [-0.15, -0.1) is 0 Å². The molecule has 1 aromatic carbocycles. The SMILES string of the molecule is CCCCOC(=O)c1cccc(Br)c1C(=O)OCC(C)(C)C. The maximum atomic E-state index is 12.3. The molecule has 0 bridgehead atoms. The van der Waals surface area contributed by atoms with Crippen LogP contribution in [0.2, 0.25) is 0 Å². The lowest BCUT2D eigenvalue weighted by molar-refractivity contribution is 0.0351. The Morgan fingerprint density at radius 1 is 1.14 bits per heavy atom. The molecule has 5 heteroatoms. The minimum absolute atomic E-state index is 0.140. The number of halogens is 1. The van der Waals surface area contributed by atoms with Crippen molar-refractivity contribution >= 4 is 27.9 Å². The van der Waals surface area contributed by atoms with Crippen molar-refractivity contribution in [1.82, 2.24) is 0 Å². The molecule has 0 aromatic heterocycles. The van der Waals surface area contributed by atoms with Gasteiger partial charge in [0.15, 0.2) is 0 Å². The van der Waals surface area contributed by atoms with E-state index in [2.05, 4.69) is 15.9 Å². The van der Waals surface area contributed by atoms with Gasteiger partial charge in [-0.25, -0.2) is 9.59 Å². The van der Waals surface area contributed by atoms with E-state index in [9.17, 15) is 9.59 Å². The first kappa shape index (κ1) is 18.7. The Hall–Kier alpha value is -1.36. The number of carbonyl (C=O) groups is 2. The van der Waals surface area contributed by atoms with Crippen LogP contribution in [-0.4, -0.2) is 25.2 Å². The summed E-state index contributed by atoms with van der Waals surface area (Å²) in [7, 11) is 0. The molecule has 0 aliphatic carbocycles. The third-order valence-corrected chi connectivity index (χ3v) is 3.47. The average molecular weight is 371 g/mol. The monoisotopic (exact) mass is 370 g/mol. The average Bonchev–Trinajstić information content (AvgIpc) is 2.44. The number of ether oxygens (including phenoxy) is 2. The Labute approximate surface area is 140 Å². The number of hydrogen-bond donors (Lipinski definition) is 0. The third kappa shape index (κ3) is 5.79. The van der Waals surface area contributed by atoms with Gasteiger partial charge in [0, 0.05) is 4.47 Å². The van der Waals surface area contributed by atoms with Crippen LogP contribution >= 0.6 is 15.9 Å². The number of unbranched alkanes of at least 4 members (excludes halogenated alkanes) is 1. The summed E-state index contributed by atoms with van der Waals surface area (Å²) in [6.45, 7) is 8.55. The van der Waals surface area contributed by atoms with E-state index in [1.54, 1.807) is 18.2 Å². The van der Waals surface area contributed by atoms with Gasteiger partial charge in [-0.1, -0.05) is 40.2 Å². The normalized spacial score (nSPS) is 11.1. The van der Waals surface area contributed by atoms with Crippen molar-refractivity contribution in [2.24, 2.45) is 5.41 Å². The van der Waals surface area contributed by atoms with Crippen LogP contribution in [0, 0.1) is 5.41 Å². The van der Waals surface area contributed by atoms with Crippen molar-refractivity contribution < 1.29 is 19.1 Å². The molecule has 0 radical (unpaired) electrons. The molecule has 22 heavy (non-hydrogen) atoms. The number of rotatable bonds is 6. The lowest BCUT2D eigenvalue weighted by atomic mass is 9.98. The van der Waals surface area contributed by atoms with Gasteiger partial charge in [0.25, 0.3) is 0 Å². The molecule has 0 N–H and O–H groups in total. The van der Waals surface area contributed by atoms with Crippen molar-refractivity contribution in [3.63, 3.8) is 0 Å². The summed E-state index contributed by atoms with van der Waals surface area (Å²) in [5.74, 6) is -1.03. The maximum Gasteiger partial charge on any atom is 0.340 e. The Morgan fingerprint density at radius 3 is 2.41 bits per heavy atom. The Bertz CT molecular complexity index is 532. The van der Waals surface area contributed by atoms with Crippen LogP contribution in [0.5, 0.6) is 0 Å². The fraction of sp³-hybridized carbons (Fsp3) is 0.529. The lowest BCUT2D eigenvalue weighted by Crippen LogP contribution is -2.21. The molecule has 0 aliphatic heterocycles. The molecule has 0 spiro atoms. The van der Waals surface area contributed by atoms with E-state index in [1.165, 1.54) is 0 Å². The zero-order valence-corrected chi connectivity index (χ0v) is 15.2. The second-order valence-electron chi connectivity index (χ2n) is 6.29. The van der Waals surface area contributed by atoms with Crippen LogP contribution in [0.1, 0.15) is 61.3 Å². The molecule has 0 heterocycles. The van der Waals surface area contributed by atoms with Gasteiger partial charge in [0.1, 0.15) is 0 Å². The van der Waals surface area contributed by atoms with Crippen LogP contribution in [0.4, 0.5) is 0 Å². The maximum absolute atomic E-state index is 12.3. The van der Waals surface area contributed by atoms with Gasteiger partial charge in [0.05, 0.1) is 24.3 Å². The third-order valence-electron chi connectivity index (χ3n) is 2.80. The van der Waals surface area contributed by atoms with Gasteiger partial charge in [0.2, 0.25) is 0 Å². The smallest absolute Gasteiger partial charge is 0.340 e. The predicted molar refractivity (Wildman–Crippen MR) is 89.1 cm³/mol. The van der Waals surface area contributed by atoms with Crippen molar-refractivity contribution in [2.75, 3.05) is 13.2 Å². The van der Waals surface area contributed by atoms with Gasteiger partial charge in [-0.2, -0.15) is 0 Å². The molecular weight excluding hydrogens is 348 g/mol. The van der Waals surface area contributed by atoms with Gasteiger partial charge in [-0.3, -0.25) is 0 Å². The van der Waals surface area contributed by atoms with Crippen LogP contribution in [0.15, 0.2) is 22.7 Å². The second kappa shape index (κ2) is 8.32. The molecule has 1 aromatic rings. The number of carbonyl (C=O) groups excluding carboxylic acids is 2. The Balaban J connectivity index is 2.93. The molecule has 0 saturated carbocycles. The zero-order chi connectivity index (χ0) is 16.8. The molecule has 0 aliphatic rings. The summed E-state index contributed by atoms with van der Waals surface area (Å²) in [6.07, 6.45) is 1.73. The molecule has 0 fully saturated rings. The highest BCUT2D eigenvalue weighted by atomic mass is 79.9. The van der Waals surface area contributed by atoms with E-state index in [1.807, 2.05) is 27.7 Å². The number of esters is 2. The quantitative estimate of drug-likeness (QED) is 0.541. The first-order valence-corrected chi connectivity index (χ1v) is 8.18. The topological polar surface area (TPSA) is 52.6 Å². The van der Waals surface area contributed by atoms with Crippen LogP contribution in [0.25, 0.3) is 0 Å². The summed E-state index contributed by atoms with van der Waals surface area (Å²) in [5.41, 5.74) is 0.302. The molecule has 1 rings (SSSR count). The molecular formula is C17H23BrO4. The van der Waals surface area contributed by atoms with Crippen molar-refractivity contribution in [2.45, 2.75) is 40.5 Å².